The maximum atomic E-state index is 12.4. The van der Waals surface area contributed by atoms with Gasteiger partial charge in [-0.15, -0.1) is 0 Å². The number of carbonyl (C=O) groups is 3. The number of carbonyl (C=O) groups excluding carboxylic acids is 3. The number of fused-ring (bicyclic) bond motifs is 1. The summed E-state index contributed by atoms with van der Waals surface area (Å²) in [6.07, 6.45) is 5.46. The monoisotopic (exact) mass is 372 g/mol. The maximum Gasteiger partial charge on any atom is 0.310 e. The van der Waals surface area contributed by atoms with Gasteiger partial charge in [0.15, 0.2) is 0 Å². The van der Waals surface area contributed by atoms with E-state index in [4.69, 9.17) is 0 Å². The molecule has 0 saturated heterocycles. The molecule has 7 nitrogen and oxygen atoms in total. The molecule has 0 aromatic heterocycles. The van der Waals surface area contributed by atoms with Gasteiger partial charge in [0.25, 0.3) is 5.91 Å². The molecule has 1 aromatic carbocycles. The zero-order chi connectivity index (χ0) is 19.6. The lowest BCUT2D eigenvalue weighted by Crippen LogP contribution is -2.55. The largest absolute Gasteiger partial charge is 0.346 e. The number of benzene rings is 1. The Morgan fingerprint density at radius 2 is 1.81 bits per heavy atom. The summed E-state index contributed by atoms with van der Waals surface area (Å²) < 4.78 is 0. The maximum absolute atomic E-state index is 12.4. The standard InChI is InChI=1S/C20H28N4O3/c1-23(2)20(11-7-4-8-12-20)13-21-17(25)18(26)22-16-14-9-5-6-10-15(14)24(3)19(16)27/h5-6,9-10,16H,4,7-8,11-13H2,1-3H3,(H,21,25)(H,22,26). The van der Waals surface area contributed by atoms with E-state index < -0.39 is 17.9 Å². The van der Waals surface area contributed by atoms with E-state index in [1.807, 2.05) is 32.3 Å². The third kappa shape index (κ3) is 3.69. The number of anilines is 1. The minimum absolute atomic E-state index is 0.107. The second-order valence-electron chi connectivity index (χ2n) is 7.72. The Morgan fingerprint density at radius 3 is 2.48 bits per heavy atom. The Labute approximate surface area is 160 Å². The van der Waals surface area contributed by atoms with Crippen LogP contribution in [-0.2, 0) is 14.4 Å². The fraction of sp³-hybridized carbons (Fsp3) is 0.550. The van der Waals surface area contributed by atoms with Crippen LogP contribution in [0.25, 0.3) is 0 Å². The van der Waals surface area contributed by atoms with E-state index in [2.05, 4.69) is 15.5 Å². The number of nitrogens with zero attached hydrogens (tertiary/aromatic N) is 2. The summed E-state index contributed by atoms with van der Waals surface area (Å²) in [4.78, 5) is 40.9. The summed E-state index contributed by atoms with van der Waals surface area (Å²) in [5.41, 5.74) is 1.36. The predicted octanol–water partition coefficient (Wildman–Crippen LogP) is 1.20. The van der Waals surface area contributed by atoms with E-state index in [0.29, 0.717) is 12.1 Å². The molecule has 1 heterocycles. The van der Waals surface area contributed by atoms with Gasteiger partial charge in [-0.25, -0.2) is 0 Å². The van der Waals surface area contributed by atoms with Gasteiger partial charge in [0.05, 0.1) is 0 Å². The number of para-hydroxylation sites is 1. The van der Waals surface area contributed by atoms with Crippen molar-refractivity contribution in [2.24, 2.45) is 0 Å². The van der Waals surface area contributed by atoms with Gasteiger partial charge < -0.3 is 20.4 Å². The van der Waals surface area contributed by atoms with Crippen molar-refractivity contribution in [1.82, 2.24) is 15.5 Å². The Hall–Kier alpha value is -2.41. The summed E-state index contributed by atoms with van der Waals surface area (Å²) in [5.74, 6) is -1.71. The highest BCUT2D eigenvalue weighted by molar-refractivity contribution is 6.35. The summed E-state index contributed by atoms with van der Waals surface area (Å²) in [6.45, 7) is 0.432. The van der Waals surface area contributed by atoms with Crippen LogP contribution < -0.4 is 15.5 Å². The zero-order valence-corrected chi connectivity index (χ0v) is 16.2. The number of nitrogens with one attached hydrogen (secondary N) is 2. The van der Waals surface area contributed by atoms with E-state index in [-0.39, 0.29) is 11.4 Å². The highest BCUT2D eigenvalue weighted by Crippen LogP contribution is 2.34. The first kappa shape index (κ1) is 19.4. The lowest BCUT2D eigenvalue weighted by molar-refractivity contribution is -0.140. The van der Waals surface area contributed by atoms with Crippen molar-refractivity contribution in [2.45, 2.75) is 43.7 Å². The highest BCUT2D eigenvalue weighted by atomic mass is 16.2. The third-order valence-electron chi connectivity index (χ3n) is 5.98. The molecular weight excluding hydrogens is 344 g/mol. The van der Waals surface area contributed by atoms with Crippen LogP contribution in [0.2, 0.25) is 0 Å². The molecule has 0 spiro atoms. The number of hydrogen-bond donors (Lipinski definition) is 2. The summed E-state index contributed by atoms with van der Waals surface area (Å²) >= 11 is 0. The Balaban J connectivity index is 1.63. The molecule has 0 radical (unpaired) electrons. The van der Waals surface area contributed by atoms with Crippen LogP contribution in [0.5, 0.6) is 0 Å². The van der Waals surface area contributed by atoms with Gasteiger partial charge in [0.1, 0.15) is 6.04 Å². The van der Waals surface area contributed by atoms with Crippen molar-refractivity contribution in [3.8, 4) is 0 Å². The Kier molecular flexibility index (Phi) is 5.51. The fourth-order valence-corrected chi connectivity index (χ4v) is 4.14. The minimum Gasteiger partial charge on any atom is -0.346 e. The Morgan fingerprint density at radius 1 is 1.15 bits per heavy atom. The average molecular weight is 372 g/mol. The molecule has 146 valence electrons. The van der Waals surface area contributed by atoms with E-state index >= 15 is 0 Å². The van der Waals surface area contributed by atoms with Crippen molar-refractivity contribution >= 4 is 23.4 Å². The number of hydrogen-bond acceptors (Lipinski definition) is 4. The zero-order valence-electron chi connectivity index (χ0n) is 16.2. The number of rotatable bonds is 4. The molecule has 0 bridgehead atoms. The Bertz CT molecular complexity index is 740. The van der Waals surface area contributed by atoms with Crippen LogP contribution in [0.15, 0.2) is 24.3 Å². The molecule has 1 unspecified atom stereocenters. The van der Waals surface area contributed by atoms with Crippen molar-refractivity contribution in [3.63, 3.8) is 0 Å². The highest BCUT2D eigenvalue weighted by Gasteiger charge is 2.38. The third-order valence-corrected chi connectivity index (χ3v) is 5.98. The molecule has 3 amide bonds. The lowest BCUT2D eigenvalue weighted by atomic mass is 9.80. The molecule has 1 saturated carbocycles. The molecule has 27 heavy (non-hydrogen) atoms. The molecule has 2 aliphatic rings. The van der Waals surface area contributed by atoms with Crippen LogP contribution in [0, 0.1) is 0 Å². The quantitative estimate of drug-likeness (QED) is 0.778. The van der Waals surface area contributed by atoms with Gasteiger partial charge in [-0.1, -0.05) is 37.5 Å². The molecule has 1 atom stereocenters. The SMILES string of the molecule is CN1C(=O)C(NC(=O)C(=O)NCC2(N(C)C)CCCCC2)c2ccccc21. The summed E-state index contributed by atoms with van der Waals surface area (Å²) in [6, 6.07) is 6.45. The van der Waals surface area contributed by atoms with Crippen molar-refractivity contribution in [3.05, 3.63) is 29.8 Å². The normalized spacial score (nSPS) is 21.1. The van der Waals surface area contributed by atoms with E-state index in [1.54, 1.807) is 13.1 Å². The van der Waals surface area contributed by atoms with Crippen LogP contribution in [0.3, 0.4) is 0 Å². The molecule has 1 aromatic rings. The molecule has 1 aliphatic carbocycles. The predicted molar refractivity (Wildman–Crippen MR) is 103 cm³/mol. The molecule has 1 fully saturated rings. The second kappa shape index (κ2) is 7.68. The first-order valence-electron chi connectivity index (χ1n) is 9.48. The van der Waals surface area contributed by atoms with Gasteiger partial charge in [-0.05, 0) is 33.0 Å². The second-order valence-corrected chi connectivity index (χ2v) is 7.72. The molecular formula is C20H28N4O3. The van der Waals surface area contributed by atoms with E-state index in [9.17, 15) is 14.4 Å². The molecule has 1 aliphatic heterocycles. The van der Waals surface area contributed by atoms with Crippen LogP contribution in [0.1, 0.15) is 43.7 Å². The van der Waals surface area contributed by atoms with Gasteiger partial charge in [0.2, 0.25) is 0 Å². The first-order valence-corrected chi connectivity index (χ1v) is 9.48. The van der Waals surface area contributed by atoms with E-state index in [1.165, 1.54) is 11.3 Å². The molecule has 2 N–H and O–H groups in total. The van der Waals surface area contributed by atoms with Crippen LogP contribution in [0.4, 0.5) is 5.69 Å². The van der Waals surface area contributed by atoms with Gasteiger partial charge >= 0.3 is 11.8 Å². The van der Waals surface area contributed by atoms with Crippen LogP contribution >= 0.6 is 0 Å². The van der Waals surface area contributed by atoms with Crippen molar-refractivity contribution < 1.29 is 14.4 Å². The molecule has 3 rings (SSSR count). The average Bonchev–Trinajstić information content (AvgIpc) is 2.92. The first-order chi connectivity index (χ1) is 12.9. The van der Waals surface area contributed by atoms with Gasteiger partial charge in [-0.2, -0.15) is 0 Å². The number of amides is 3. The fourth-order valence-electron chi connectivity index (χ4n) is 4.14. The van der Waals surface area contributed by atoms with Crippen molar-refractivity contribution in [2.75, 3.05) is 32.6 Å². The smallest absolute Gasteiger partial charge is 0.310 e. The lowest BCUT2D eigenvalue weighted by Gasteiger charge is -2.43. The van der Waals surface area contributed by atoms with E-state index in [0.717, 1.165) is 31.4 Å². The summed E-state index contributed by atoms with van der Waals surface area (Å²) in [5, 5.41) is 5.37. The van der Waals surface area contributed by atoms with Crippen molar-refractivity contribution in [1.29, 1.82) is 0 Å². The van der Waals surface area contributed by atoms with Crippen LogP contribution in [-0.4, -0.2) is 55.8 Å². The molecule has 7 heteroatoms. The number of likely N-dealkylation sites (N-methyl/N-ethyl adjacent to an activating group) is 2. The summed E-state index contributed by atoms with van der Waals surface area (Å²) in [7, 11) is 5.69. The topological polar surface area (TPSA) is 81.8 Å². The van der Waals surface area contributed by atoms with Gasteiger partial charge in [-0.3, -0.25) is 14.4 Å². The minimum atomic E-state index is -0.818. The van der Waals surface area contributed by atoms with Gasteiger partial charge in [0, 0.05) is 30.4 Å².